The Morgan fingerprint density at radius 3 is 2.65 bits per heavy atom. The molecule has 3 heteroatoms. The number of ether oxygens (including phenoxy) is 1. The summed E-state index contributed by atoms with van der Waals surface area (Å²) in [5, 5.41) is 0. The number of benzene rings is 1. The highest BCUT2D eigenvalue weighted by Crippen LogP contribution is 2.29. The van der Waals surface area contributed by atoms with Gasteiger partial charge in [0.05, 0.1) is 12.7 Å². The molecule has 1 aliphatic rings. The number of carbonyl (C=O) groups excluding carboxylic acids is 1. The predicted octanol–water partition coefficient (Wildman–Crippen LogP) is 3.48. The molecular formula is C17H25NO2. The molecule has 1 aromatic rings. The number of carbonyl (C=O) groups is 1. The normalized spacial score (nSPS) is 14.8. The third-order valence-corrected chi connectivity index (χ3v) is 3.85. The standard InChI is InChI=1S/C17H25NO2/c1-13(2)10-11-18(15-8-9-15)12-14-6-4-5-7-16(14)17(19)20-3/h4-7,13,15H,8-12H2,1-3H3. The molecule has 1 aliphatic carbocycles. The van der Waals surface area contributed by atoms with Crippen molar-refractivity contribution in [1.29, 1.82) is 0 Å². The van der Waals surface area contributed by atoms with Crippen molar-refractivity contribution in [1.82, 2.24) is 4.90 Å². The molecule has 1 fully saturated rings. The summed E-state index contributed by atoms with van der Waals surface area (Å²) >= 11 is 0. The van der Waals surface area contributed by atoms with Gasteiger partial charge >= 0.3 is 5.97 Å². The van der Waals surface area contributed by atoms with Crippen LogP contribution in [0, 0.1) is 5.92 Å². The summed E-state index contributed by atoms with van der Waals surface area (Å²) in [6, 6.07) is 8.49. The first-order chi connectivity index (χ1) is 9.61. The van der Waals surface area contributed by atoms with E-state index in [9.17, 15) is 4.79 Å². The Morgan fingerprint density at radius 2 is 2.05 bits per heavy atom. The molecule has 0 radical (unpaired) electrons. The average Bonchev–Trinajstić information content (AvgIpc) is 3.27. The van der Waals surface area contributed by atoms with Crippen molar-refractivity contribution in [3.8, 4) is 0 Å². The molecule has 0 saturated heterocycles. The van der Waals surface area contributed by atoms with E-state index in [1.54, 1.807) is 0 Å². The highest BCUT2D eigenvalue weighted by atomic mass is 16.5. The smallest absolute Gasteiger partial charge is 0.338 e. The summed E-state index contributed by atoms with van der Waals surface area (Å²) in [5.74, 6) is 0.479. The number of hydrogen-bond acceptors (Lipinski definition) is 3. The molecular weight excluding hydrogens is 250 g/mol. The van der Waals surface area contributed by atoms with Crippen LogP contribution in [0.25, 0.3) is 0 Å². The monoisotopic (exact) mass is 275 g/mol. The molecule has 0 bridgehead atoms. The molecule has 110 valence electrons. The van der Waals surface area contributed by atoms with Gasteiger partial charge in [0, 0.05) is 12.6 Å². The minimum Gasteiger partial charge on any atom is -0.465 e. The lowest BCUT2D eigenvalue weighted by molar-refractivity contribution is 0.0598. The Hall–Kier alpha value is -1.35. The van der Waals surface area contributed by atoms with Gasteiger partial charge in [0.1, 0.15) is 0 Å². The molecule has 0 unspecified atom stereocenters. The van der Waals surface area contributed by atoms with E-state index in [2.05, 4.69) is 18.7 Å². The fourth-order valence-electron chi connectivity index (χ4n) is 2.44. The maximum absolute atomic E-state index is 11.8. The van der Waals surface area contributed by atoms with Crippen molar-refractivity contribution in [2.75, 3.05) is 13.7 Å². The zero-order chi connectivity index (χ0) is 14.5. The van der Waals surface area contributed by atoms with Gasteiger partial charge in [0.25, 0.3) is 0 Å². The molecule has 2 rings (SSSR count). The molecule has 0 atom stereocenters. The Labute approximate surface area is 121 Å². The van der Waals surface area contributed by atoms with E-state index in [1.807, 2.05) is 24.3 Å². The third-order valence-electron chi connectivity index (χ3n) is 3.85. The third kappa shape index (κ3) is 4.07. The lowest BCUT2D eigenvalue weighted by Gasteiger charge is -2.24. The van der Waals surface area contributed by atoms with Crippen LogP contribution < -0.4 is 0 Å². The van der Waals surface area contributed by atoms with Gasteiger partial charge in [-0.1, -0.05) is 32.0 Å². The Bertz CT molecular complexity index is 452. The van der Waals surface area contributed by atoms with Crippen molar-refractivity contribution < 1.29 is 9.53 Å². The Kier molecular flexibility index (Phi) is 5.18. The predicted molar refractivity (Wildman–Crippen MR) is 80.7 cm³/mol. The maximum Gasteiger partial charge on any atom is 0.338 e. The second kappa shape index (κ2) is 6.89. The Morgan fingerprint density at radius 1 is 1.35 bits per heavy atom. The molecule has 0 aliphatic heterocycles. The van der Waals surface area contributed by atoms with E-state index in [4.69, 9.17) is 4.74 Å². The first-order valence-electron chi connectivity index (χ1n) is 7.52. The summed E-state index contributed by atoms with van der Waals surface area (Å²) in [6.45, 7) is 6.47. The van der Waals surface area contributed by atoms with Crippen LogP contribution in [-0.2, 0) is 11.3 Å². The van der Waals surface area contributed by atoms with E-state index < -0.39 is 0 Å². The molecule has 0 aromatic heterocycles. The van der Waals surface area contributed by atoms with Gasteiger partial charge in [-0.3, -0.25) is 4.90 Å². The van der Waals surface area contributed by atoms with E-state index >= 15 is 0 Å². The van der Waals surface area contributed by atoms with E-state index in [0.717, 1.165) is 18.7 Å². The van der Waals surface area contributed by atoms with Crippen LogP contribution in [0.2, 0.25) is 0 Å². The molecule has 1 aromatic carbocycles. The van der Waals surface area contributed by atoms with Gasteiger partial charge < -0.3 is 4.74 Å². The van der Waals surface area contributed by atoms with E-state index in [0.29, 0.717) is 17.5 Å². The lowest BCUT2D eigenvalue weighted by Crippen LogP contribution is -2.28. The van der Waals surface area contributed by atoms with Crippen molar-refractivity contribution in [2.24, 2.45) is 5.92 Å². The van der Waals surface area contributed by atoms with Crippen molar-refractivity contribution in [3.63, 3.8) is 0 Å². The highest BCUT2D eigenvalue weighted by molar-refractivity contribution is 5.90. The minimum atomic E-state index is -0.236. The van der Waals surface area contributed by atoms with Gasteiger partial charge in [-0.05, 0) is 43.4 Å². The van der Waals surface area contributed by atoms with Crippen LogP contribution in [0.1, 0.15) is 49.0 Å². The highest BCUT2D eigenvalue weighted by Gasteiger charge is 2.29. The van der Waals surface area contributed by atoms with Gasteiger partial charge in [0.2, 0.25) is 0 Å². The second-order valence-electron chi connectivity index (χ2n) is 6.03. The first kappa shape index (κ1) is 15.0. The van der Waals surface area contributed by atoms with Crippen LogP contribution >= 0.6 is 0 Å². The first-order valence-corrected chi connectivity index (χ1v) is 7.52. The summed E-state index contributed by atoms with van der Waals surface area (Å²) in [4.78, 5) is 14.3. The minimum absolute atomic E-state index is 0.236. The largest absolute Gasteiger partial charge is 0.465 e. The fraction of sp³-hybridized carbons (Fsp3) is 0.588. The number of hydrogen-bond donors (Lipinski definition) is 0. The number of esters is 1. The summed E-state index contributed by atoms with van der Waals surface area (Å²) in [6.07, 6.45) is 3.79. The van der Waals surface area contributed by atoms with Crippen molar-refractivity contribution >= 4 is 5.97 Å². The van der Waals surface area contributed by atoms with Gasteiger partial charge in [-0.15, -0.1) is 0 Å². The molecule has 0 spiro atoms. The zero-order valence-corrected chi connectivity index (χ0v) is 12.8. The molecule has 0 amide bonds. The van der Waals surface area contributed by atoms with Crippen LogP contribution in [0.4, 0.5) is 0 Å². The number of rotatable bonds is 7. The topological polar surface area (TPSA) is 29.5 Å². The van der Waals surface area contributed by atoms with E-state index in [-0.39, 0.29) is 5.97 Å². The zero-order valence-electron chi connectivity index (χ0n) is 12.8. The summed E-state index contributed by atoms with van der Waals surface area (Å²) in [5.41, 5.74) is 1.78. The fourth-order valence-corrected chi connectivity index (χ4v) is 2.44. The lowest BCUT2D eigenvalue weighted by atomic mass is 10.1. The maximum atomic E-state index is 11.8. The van der Waals surface area contributed by atoms with Crippen LogP contribution in [0.5, 0.6) is 0 Å². The van der Waals surface area contributed by atoms with Gasteiger partial charge in [-0.2, -0.15) is 0 Å². The summed E-state index contributed by atoms with van der Waals surface area (Å²) in [7, 11) is 1.44. The molecule has 0 heterocycles. The van der Waals surface area contributed by atoms with Crippen LogP contribution in [-0.4, -0.2) is 30.6 Å². The second-order valence-corrected chi connectivity index (χ2v) is 6.03. The van der Waals surface area contributed by atoms with Gasteiger partial charge in [-0.25, -0.2) is 4.79 Å². The quantitative estimate of drug-likeness (QED) is 0.713. The van der Waals surface area contributed by atoms with E-state index in [1.165, 1.54) is 26.4 Å². The van der Waals surface area contributed by atoms with Crippen molar-refractivity contribution in [3.05, 3.63) is 35.4 Å². The van der Waals surface area contributed by atoms with Crippen LogP contribution in [0.3, 0.4) is 0 Å². The number of methoxy groups -OCH3 is 1. The average molecular weight is 275 g/mol. The van der Waals surface area contributed by atoms with Crippen molar-refractivity contribution in [2.45, 2.75) is 45.7 Å². The van der Waals surface area contributed by atoms with Gasteiger partial charge in [0.15, 0.2) is 0 Å². The molecule has 0 N–H and O–H groups in total. The summed E-state index contributed by atoms with van der Waals surface area (Å²) < 4.78 is 4.88. The SMILES string of the molecule is COC(=O)c1ccccc1CN(CCC(C)C)C1CC1. The molecule has 1 saturated carbocycles. The molecule has 3 nitrogen and oxygen atoms in total. The Balaban J connectivity index is 2.08. The molecule has 20 heavy (non-hydrogen) atoms. The van der Waals surface area contributed by atoms with Crippen LogP contribution in [0.15, 0.2) is 24.3 Å². The number of nitrogens with zero attached hydrogens (tertiary/aromatic N) is 1.